The highest BCUT2D eigenvalue weighted by Crippen LogP contribution is 2.18. The van der Waals surface area contributed by atoms with Gasteiger partial charge in [0.05, 0.1) is 22.6 Å². The summed E-state index contributed by atoms with van der Waals surface area (Å²) in [6, 6.07) is 4.55. The molecule has 21 heavy (non-hydrogen) atoms. The van der Waals surface area contributed by atoms with Crippen molar-refractivity contribution in [3.8, 4) is 5.69 Å². The molecule has 0 spiro atoms. The molecule has 1 aromatic heterocycles. The Morgan fingerprint density at radius 2 is 2.19 bits per heavy atom. The summed E-state index contributed by atoms with van der Waals surface area (Å²) in [7, 11) is 0. The number of hydrogen-bond donors (Lipinski definition) is 2. The molecular weight excluding hydrogens is 295 g/mol. The number of nitrogens with zero attached hydrogens (tertiary/aromatic N) is 3. The zero-order valence-corrected chi connectivity index (χ0v) is 12.7. The molecule has 0 saturated carbocycles. The zero-order chi connectivity index (χ0) is 15.4. The molecule has 0 saturated heterocycles. The van der Waals surface area contributed by atoms with Gasteiger partial charge in [0.25, 0.3) is 0 Å². The summed E-state index contributed by atoms with van der Waals surface area (Å²) in [5, 5.41) is 20.5. The van der Waals surface area contributed by atoms with Crippen LogP contribution in [-0.4, -0.2) is 32.7 Å². The smallest absolute Gasteiger partial charge is 0.141 e. The van der Waals surface area contributed by atoms with Crippen LogP contribution in [0, 0.1) is 11.7 Å². The van der Waals surface area contributed by atoms with E-state index in [0.717, 1.165) is 5.69 Å². The average molecular weight is 313 g/mol. The van der Waals surface area contributed by atoms with Gasteiger partial charge in [-0.3, -0.25) is 0 Å². The molecule has 0 aliphatic carbocycles. The number of benzene rings is 1. The molecule has 2 rings (SSSR count). The van der Waals surface area contributed by atoms with E-state index in [9.17, 15) is 4.39 Å². The number of nitrogens with one attached hydrogen (secondary N) is 1. The fourth-order valence-corrected chi connectivity index (χ4v) is 1.93. The van der Waals surface area contributed by atoms with Crippen LogP contribution in [0.15, 0.2) is 24.4 Å². The zero-order valence-electron chi connectivity index (χ0n) is 11.9. The average Bonchev–Trinajstić information content (AvgIpc) is 2.95. The monoisotopic (exact) mass is 312 g/mol. The van der Waals surface area contributed by atoms with Crippen molar-refractivity contribution >= 4 is 11.6 Å². The number of hydrogen-bond acceptors (Lipinski definition) is 4. The van der Waals surface area contributed by atoms with E-state index in [1.807, 2.05) is 13.8 Å². The van der Waals surface area contributed by atoms with Crippen LogP contribution in [-0.2, 0) is 6.54 Å². The number of aromatic nitrogens is 3. The highest BCUT2D eigenvalue weighted by atomic mass is 35.5. The number of aliphatic hydroxyl groups is 1. The number of aliphatic hydroxyl groups excluding tert-OH is 1. The summed E-state index contributed by atoms with van der Waals surface area (Å²) >= 11 is 5.75. The van der Waals surface area contributed by atoms with Gasteiger partial charge in [0.15, 0.2) is 0 Å². The van der Waals surface area contributed by atoms with E-state index >= 15 is 0 Å². The van der Waals surface area contributed by atoms with Crippen molar-refractivity contribution in [1.82, 2.24) is 20.3 Å². The van der Waals surface area contributed by atoms with Gasteiger partial charge in [0.2, 0.25) is 0 Å². The number of halogens is 2. The summed E-state index contributed by atoms with van der Waals surface area (Å²) in [5.41, 5.74) is 1.41. The van der Waals surface area contributed by atoms with Crippen LogP contribution in [0.1, 0.15) is 19.5 Å². The SMILES string of the molecule is C[C@H](CO)[C@@H](C)NCc1cn(-c2ccc(F)c(Cl)c2)nn1. The summed E-state index contributed by atoms with van der Waals surface area (Å²) in [4.78, 5) is 0. The Morgan fingerprint density at radius 1 is 1.43 bits per heavy atom. The Morgan fingerprint density at radius 3 is 2.86 bits per heavy atom. The first-order valence-corrected chi connectivity index (χ1v) is 7.10. The molecule has 0 amide bonds. The van der Waals surface area contributed by atoms with Gasteiger partial charge in [-0.1, -0.05) is 23.7 Å². The van der Waals surface area contributed by atoms with E-state index < -0.39 is 5.82 Å². The first-order chi connectivity index (χ1) is 10.0. The van der Waals surface area contributed by atoms with Gasteiger partial charge < -0.3 is 10.4 Å². The van der Waals surface area contributed by atoms with Crippen molar-refractivity contribution in [2.24, 2.45) is 5.92 Å². The van der Waals surface area contributed by atoms with E-state index in [4.69, 9.17) is 16.7 Å². The molecule has 5 nitrogen and oxygen atoms in total. The minimum absolute atomic E-state index is 0.0491. The summed E-state index contributed by atoms with van der Waals surface area (Å²) < 4.78 is 14.7. The normalized spacial score (nSPS) is 14.1. The molecule has 0 unspecified atom stereocenters. The largest absolute Gasteiger partial charge is 0.396 e. The first kappa shape index (κ1) is 15.9. The van der Waals surface area contributed by atoms with E-state index in [0.29, 0.717) is 12.2 Å². The third-order valence-electron chi connectivity index (χ3n) is 3.46. The highest BCUT2D eigenvalue weighted by molar-refractivity contribution is 6.30. The highest BCUT2D eigenvalue weighted by Gasteiger charge is 2.11. The van der Waals surface area contributed by atoms with Gasteiger partial charge in [-0.25, -0.2) is 9.07 Å². The van der Waals surface area contributed by atoms with Crippen molar-refractivity contribution in [3.63, 3.8) is 0 Å². The quantitative estimate of drug-likeness (QED) is 0.858. The van der Waals surface area contributed by atoms with E-state index in [2.05, 4.69) is 15.6 Å². The van der Waals surface area contributed by atoms with Gasteiger partial charge in [-0.05, 0) is 31.0 Å². The lowest BCUT2D eigenvalue weighted by Crippen LogP contribution is -2.33. The Bertz CT molecular complexity index is 604. The van der Waals surface area contributed by atoms with Gasteiger partial charge in [0, 0.05) is 19.2 Å². The van der Waals surface area contributed by atoms with Crippen molar-refractivity contribution < 1.29 is 9.50 Å². The predicted molar refractivity (Wildman–Crippen MR) is 78.9 cm³/mol. The Balaban J connectivity index is 2.02. The molecule has 0 fully saturated rings. The first-order valence-electron chi connectivity index (χ1n) is 6.72. The maximum atomic E-state index is 13.1. The topological polar surface area (TPSA) is 63.0 Å². The van der Waals surface area contributed by atoms with Gasteiger partial charge in [-0.15, -0.1) is 5.10 Å². The predicted octanol–water partition coefficient (Wildman–Crippen LogP) is 2.17. The molecule has 0 aliphatic heterocycles. The standard InChI is InChI=1S/C14H18ClFN4O/c1-9(8-21)10(2)17-6-11-7-20(19-18-11)12-3-4-14(16)13(15)5-12/h3-5,7,9-10,17,21H,6,8H2,1-2H3/t9-,10-/m1/s1. The Kier molecular flexibility index (Phi) is 5.27. The lowest BCUT2D eigenvalue weighted by atomic mass is 10.1. The molecule has 1 aromatic carbocycles. The second-order valence-electron chi connectivity index (χ2n) is 5.08. The van der Waals surface area contributed by atoms with Gasteiger partial charge in [-0.2, -0.15) is 0 Å². The molecule has 7 heteroatoms. The second kappa shape index (κ2) is 6.98. The maximum Gasteiger partial charge on any atom is 0.141 e. The van der Waals surface area contributed by atoms with Crippen LogP contribution in [0.2, 0.25) is 5.02 Å². The molecule has 0 bridgehead atoms. The fourth-order valence-electron chi connectivity index (χ4n) is 1.76. The molecule has 1 heterocycles. The number of rotatable bonds is 6. The molecule has 2 aromatic rings. The van der Waals surface area contributed by atoms with Gasteiger partial charge in [0.1, 0.15) is 5.82 Å². The molecule has 0 aliphatic rings. The molecular formula is C14H18ClFN4O. The Labute approximate surface area is 127 Å². The van der Waals surface area contributed by atoms with Crippen molar-refractivity contribution in [3.05, 3.63) is 40.9 Å². The lowest BCUT2D eigenvalue weighted by Gasteiger charge is -2.18. The third-order valence-corrected chi connectivity index (χ3v) is 3.74. The van der Waals surface area contributed by atoms with Crippen LogP contribution in [0.3, 0.4) is 0 Å². The molecule has 2 N–H and O–H groups in total. The van der Waals surface area contributed by atoms with Crippen LogP contribution in [0.5, 0.6) is 0 Å². The second-order valence-corrected chi connectivity index (χ2v) is 5.49. The molecule has 114 valence electrons. The van der Waals surface area contributed by atoms with Crippen LogP contribution < -0.4 is 5.32 Å². The van der Waals surface area contributed by atoms with Gasteiger partial charge >= 0.3 is 0 Å². The van der Waals surface area contributed by atoms with Crippen LogP contribution >= 0.6 is 11.6 Å². The van der Waals surface area contributed by atoms with Crippen molar-refractivity contribution in [1.29, 1.82) is 0 Å². The maximum absolute atomic E-state index is 13.1. The summed E-state index contributed by atoms with van der Waals surface area (Å²) in [5.74, 6) is -0.301. The third kappa shape index (κ3) is 4.00. The van der Waals surface area contributed by atoms with Crippen LogP contribution in [0.4, 0.5) is 4.39 Å². The van der Waals surface area contributed by atoms with E-state index in [-0.39, 0.29) is 23.6 Å². The Hall–Kier alpha value is -1.50. The summed E-state index contributed by atoms with van der Waals surface area (Å²) in [6.07, 6.45) is 1.76. The lowest BCUT2D eigenvalue weighted by molar-refractivity contribution is 0.207. The van der Waals surface area contributed by atoms with Crippen molar-refractivity contribution in [2.75, 3.05) is 6.61 Å². The minimum Gasteiger partial charge on any atom is -0.396 e. The molecule has 0 radical (unpaired) electrons. The van der Waals surface area contributed by atoms with E-state index in [1.165, 1.54) is 12.1 Å². The van der Waals surface area contributed by atoms with Crippen LogP contribution in [0.25, 0.3) is 5.69 Å². The molecule has 2 atom stereocenters. The van der Waals surface area contributed by atoms with Crippen molar-refractivity contribution in [2.45, 2.75) is 26.4 Å². The fraction of sp³-hybridized carbons (Fsp3) is 0.429. The minimum atomic E-state index is -0.464. The van der Waals surface area contributed by atoms with E-state index in [1.54, 1.807) is 16.9 Å². The summed E-state index contributed by atoms with van der Waals surface area (Å²) in [6.45, 7) is 4.65.